The largest absolute Gasteiger partial charge is 0.360 e. The lowest BCUT2D eigenvalue weighted by Gasteiger charge is -2.31. The minimum atomic E-state index is -3.68. The number of carbonyl (C=O) groups is 1. The smallest absolute Gasteiger partial charge is 0.248 e. The van der Waals surface area contributed by atoms with E-state index in [1.54, 1.807) is 13.8 Å². The minimum Gasteiger partial charge on any atom is -0.360 e. The summed E-state index contributed by atoms with van der Waals surface area (Å²) in [6, 6.07) is 0.257. The maximum Gasteiger partial charge on any atom is 0.248 e. The van der Waals surface area contributed by atoms with Gasteiger partial charge in [-0.05, 0) is 39.5 Å². The van der Waals surface area contributed by atoms with Gasteiger partial charge in [0.05, 0.1) is 5.92 Å². The Labute approximate surface area is 142 Å². The quantitative estimate of drug-likeness (QED) is 0.888. The van der Waals surface area contributed by atoms with Crippen LogP contribution in [-0.4, -0.2) is 42.9 Å². The number of sulfonamides is 1. The van der Waals surface area contributed by atoms with Crippen LogP contribution >= 0.6 is 0 Å². The summed E-state index contributed by atoms with van der Waals surface area (Å²) in [5.74, 6) is 0.000176. The van der Waals surface area contributed by atoms with E-state index in [2.05, 4.69) is 10.5 Å². The molecule has 1 N–H and O–H groups in total. The number of piperidine rings is 1. The number of aromatic nitrogens is 1. The SMILES string of the molecule is Cc1noc(C)c1S(=O)(=O)N1CCCC(C(=O)NC2CCCC2)C1. The highest BCUT2D eigenvalue weighted by Gasteiger charge is 2.36. The van der Waals surface area contributed by atoms with Crippen LogP contribution in [0, 0.1) is 19.8 Å². The molecular weight excluding hydrogens is 330 g/mol. The molecule has 8 heteroatoms. The van der Waals surface area contributed by atoms with Crippen molar-refractivity contribution in [2.45, 2.75) is 63.3 Å². The molecule has 7 nitrogen and oxygen atoms in total. The van der Waals surface area contributed by atoms with Crippen molar-refractivity contribution >= 4 is 15.9 Å². The third-order valence-corrected chi connectivity index (χ3v) is 7.13. The van der Waals surface area contributed by atoms with Crippen molar-refractivity contribution < 1.29 is 17.7 Å². The van der Waals surface area contributed by atoms with Gasteiger partial charge in [-0.1, -0.05) is 18.0 Å². The van der Waals surface area contributed by atoms with Crippen molar-refractivity contribution in [3.8, 4) is 0 Å². The Morgan fingerprint density at radius 1 is 1.21 bits per heavy atom. The van der Waals surface area contributed by atoms with Crippen LogP contribution in [-0.2, 0) is 14.8 Å². The number of carbonyl (C=O) groups excluding carboxylic acids is 1. The summed E-state index contributed by atoms with van der Waals surface area (Å²) in [7, 11) is -3.68. The van der Waals surface area contributed by atoms with Crippen LogP contribution < -0.4 is 5.32 Å². The fourth-order valence-corrected chi connectivity index (χ4v) is 5.55. The highest BCUT2D eigenvalue weighted by molar-refractivity contribution is 7.89. The lowest BCUT2D eigenvalue weighted by Crippen LogP contribution is -2.47. The van der Waals surface area contributed by atoms with Crippen LogP contribution in [0.25, 0.3) is 0 Å². The van der Waals surface area contributed by atoms with E-state index in [9.17, 15) is 13.2 Å². The van der Waals surface area contributed by atoms with Crippen LogP contribution in [0.1, 0.15) is 50.0 Å². The van der Waals surface area contributed by atoms with E-state index >= 15 is 0 Å². The molecule has 0 aromatic carbocycles. The molecule has 0 bridgehead atoms. The molecular formula is C16H25N3O4S. The molecule has 1 saturated carbocycles. The summed E-state index contributed by atoms with van der Waals surface area (Å²) in [5, 5.41) is 6.83. The first-order valence-electron chi connectivity index (χ1n) is 8.63. The first kappa shape index (κ1) is 17.4. The van der Waals surface area contributed by atoms with Gasteiger partial charge in [0.1, 0.15) is 10.6 Å². The predicted molar refractivity (Wildman–Crippen MR) is 87.9 cm³/mol. The number of amides is 1. The zero-order chi connectivity index (χ0) is 17.3. The molecule has 1 aliphatic heterocycles. The maximum absolute atomic E-state index is 12.9. The molecule has 2 aliphatic rings. The van der Waals surface area contributed by atoms with E-state index in [0.29, 0.717) is 24.4 Å². The normalized spacial score (nSPS) is 23.5. The number of nitrogens with zero attached hydrogens (tertiary/aromatic N) is 2. The van der Waals surface area contributed by atoms with Gasteiger partial charge in [0.15, 0.2) is 5.76 Å². The van der Waals surface area contributed by atoms with Crippen molar-refractivity contribution in [1.82, 2.24) is 14.8 Å². The van der Waals surface area contributed by atoms with E-state index in [4.69, 9.17) is 4.52 Å². The fourth-order valence-electron chi connectivity index (χ4n) is 3.74. The van der Waals surface area contributed by atoms with Crippen molar-refractivity contribution in [2.75, 3.05) is 13.1 Å². The Balaban J connectivity index is 1.72. The van der Waals surface area contributed by atoms with Gasteiger partial charge in [-0.25, -0.2) is 8.42 Å². The Bertz CT molecular complexity index is 687. The van der Waals surface area contributed by atoms with Crippen LogP contribution in [0.3, 0.4) is 0 Å². The van der Waals surface area contributed by atoms with Crippen molar-refractivity contribution in [3.05, 3.63) is 11.5 Å². The molecule has 1 aromatic heterocycles. The summed E-state index contributed by atoms with van der Waals surface area (Å²) in [5.41, 5.74) is 0.366. The molecule has 0 spiro atoms. The molecule has 2 fully saturated rings. The molecule has 1 aromatic rings. The molecule has 3 rings (SSSR count). The van der Waals surface area contributed by atoms with Crippen molar-refractivity contribution in [2.24, 2.45) is 5.92 Å². The number of hydrogen-bond donors (Lipinski definition) is 1. The number of nitrogens with one attached hydrogen (secondary N) is 1. The third kappa shape index (κ3) is 3.35. The predicted octanol–water partition coefficient (Wildman–Crippen LogP) is 1.75. The van der Waals surface area contributed by atoms with E-state index in [0.717, 1.165) is 32.1 Å². The Hall–Kier alpha value is -1.41. The minimum absolute atomic E-state index is 0.0134. The van der Waals surface area contributed by atoms with Crippen LogP contribution in [0.15, 0.2) is 9.42 Å². The topological polar surface area (TPSA) is 92.5 Å². The summed E-state index contributed by atoms with van der Waals surface area (Å²) in [6.07, 6.45) is 5.78. The Morgan fingerprint density at radius 2 is 1.92 bits per heavy atom. The first-order valence-corrected chi connectivity index (χ1v) is 10.1. The average Bonchev–Trinajstić information content (AvgIpc) is 3.17. The molecule has 1 amide bonds. The second kappa shape index (κ2) is 6.84. The number of hydrogen-bond acceptors (Lipinski definition) is 5. The molecule has 1 saturated heterocycles. The molecule has 1 atom stereocenters. The van der Waals surface area contributed by atoms with E-state index in [1.807, 2.05) is 0 Å². The summed E-state index contributed by atoms with van der Waals surface area (Å²) < 4.78 is 32.2. The molecule has 1 aliphatic carbocycles. The number of rotatable bonds is 4. The Morgan fingerprint density at radius 3 is 2.54 bits per heavy atom. The zero-order valence-corrected chi connectivity index (χ0v) is 15.1. The van der Waals surface area contributed by atoms with Gasteiger partial charge in [-0.2, -0.15) is 4.31 Å². The van der Waals surface area contributed by atoms with E-state index in [-0.39, 0.29) is 29.3 Å². The monoisotopic (exact) mass is 355 g/mol. The van der Waals surface area contributed by atoms with Gasteiger partial charge in [0, 0.05) is 19.1 Å². The lowest BCUT2D eigenvalue weighted by molar-refractivity contribution is -0.126. The van der Waals surface area contributed by atoms with Gasteiger partial charge in [0.2, 0.25) is 15.9 Å². The summed E-state index contributed by atoms with van der Waals surface area (Å²) in [6.45, 7) is 3.88. The molecule has 1 unspecified atom stereocenters. The molecule has 2 heterocycles. The van der Waals surface area contributed by atoms with Crippen LogP contribution in [0.4, 0.5) is 0 Å². The van der Waals surface area contributed by atoms with E-state index in [1.165, 1.54) is 4.31 Å². The van der Waals surface area contributed by atoms with Gasteiger partial charge in [-0.3, -0.25) is 4.79 Å². The van der Waals surface area contributed by atoms with Gasteiger partial charge >= 0.3 is 0 Å². The van der Waals surface area contributed by atoms with Crippen LogP contribution in [0.2, 0.25) is 0 Å². The Kier molecular flexibility index (Phi) is 4.96. The van der Waals surface area contributed by atoms with Crippen molar-refractivity contribution in [1.29, 1.82) is 0 Å². The molecule has 24 heavy (non-hydrogen) atoms. The van der Waals surface area contributed by atoms with Gasteiger partial charge in [0.25, 0.3) is 0 Å². The third-order valence-electron chi connectivity index (χ3n) is 5.02. The first-order chi connectivity index (χ1) is 11.4. The highest BCUT2D eigenvalue weighted by atomic mass is 32.2. The molecule has 0 radical (unpaired) electrons. The van der Waals surface area contributed by atoms with Crippen LogP contribution in [0.5, 0.6) is 0 Å². The molecule has 134 valence electrons. The number of aryl methyl sites for hydroxylation is 2. The van der Waals surface area contributed by atoms with Gasteiger partial charge < -0.3 is 9.84 Å². The van der Waals surface area contributed by atoms with E-state index < -0.39 is 10.0 Å². The van der Waals surface area contributed by atoms with Crippen molar-refractivity contribution in [3.63, 3.8) is 0 Å². The van der Waals surface area contributed by atoms with Gasteiger partial charge in [-0.15, -0.1) is 0 Å². The fraction of sp³-hybridized carbons (Fsp3) is 0.750. The lowest BCUT2D eigenvalue weighted by atomic mass is 9.98. The zero-order valence-electron chi connectivity index (χ0n) is 14.2. The highest BCUT2D eigenvalue weighted by Crippen LogP contribution is 2.28. The summed E-state index contributed by atoms with van der Waals surface area (Å²) >= 11 is 0. The average molecular weight is 355 g/mol. The standard InChI is InChI=1S/C16H25N3O4S/c1-11-15(12(2)23-18-11)24(21,22)19-9-5-6-13(10-19)16(20)17-14-7-3-4-8-14/h13-14H,3-10H2,1-2H3,(H,17,20). The maximum atomic E-state index is 12.9. The second-order valence-electron chi connectivity index (χ2n) is 6.85. The second-order valence-corrected chi connectivity index (χ2v) is 8.72. The summed E-state index contributed by atoms with van der Waals surface area (Å²) in [4.78, 5) is 12.6.